The van der Waals surface area contributed by atoms with Crippen LogP contribution in [0.5, 0.6) is 11.5 Å². The predicted molar refractivity (Wildman–Crippen MR) is 114 cm³/mol. The number of nitrogens with one attached hydrogen (secondary N) is 1. The Bertz CT molecular complexity index is 993. The van der Waals surface area contributed by atoms with Crippen molar-refractivity contribution < 1.29 is 23.8 Å². The number of carbonyl (C=O) groups excluding carboxylic acids is 2. The molecule has 0 saturated carbocycles. The molecule has 6 nitrogen and oxygen atoms in total. The van der Waals surface area contributed by atoms with Gasteiger partial charge >= 0.3 is 5.97 Å². The van der Waals surface area contributed by atoms with Crippen molar-refractivity contribution in [3.8, 4) is 11.5 Å². The molecule has 0 fully saturated rings. The highest BCUT2D eigenvalue weighted by Gasteiger charge is 2.29. The van der Waals surface area contributed by atoms with Crippen molar-refractivity contribution in [2.75, 3.05) is 19.5 Å². The third kappa shape index (κ3) is 4.78. The second-order valence-corrected chi connectivity index (χ2v) is 6.59. The normalized spacial score (nSPS) is 11.3. The molecule has 154 valence electrons. The number of aryl methyl sites for hydroxylation is 1. The van der Waals surface area contributed by atoms with Gasteiger partial charge in [0.25, 0.3) is 5.91 Å². The Balaban J connectivity index is 1.91. The maximum Gasteiger partial charge on any atom is 0.346 e. The molecule has 0 heterocycles. The average molecular weight is 405 g/mol. The molecular weight excluding hydrogens is 382 g/mol. The molecule has 30 heavy (non-hydrogen) atoms. The van der Waals surface area contributed by atoms with Crippen LogP contribution in [0, 0.1) is 6.92 Å². The molecule has 1 atom stereocenters. The van der Waals surface area contributed by atoms with Crippen LogP contribution in [-0.2, 0) is 9.53 Å². The summed E-state index contributed by atoms with van der Waals surface area (Å²) in [6, 6.07) is 21.2. The molecule has 0 bridgehead atoms. The van der Waals surface area contributed by atoms with Gasteiger partial charge in [-0.05, 0) is 31.2 Å². The number of anilines is 1. The van der Waals surface area contributed by atoms with Gasteiger partial charge in [-0.3, -0.25) is 4.79 Å². The van der Waals surface area contributed by atoms with Crippen molar-refractivity contribution in [3.63, 3.8) is 0 Å². The number of ether oxygens (including phenoxy) is 3. The fourth-order valence-electron chi connectivity index (χ4n) is 2.96. The minimum Gasteiger partial charge on any atom is -0.496 e. The quantitative estimate of drug-likeness (QED) is 0.584. The van der Waals surface area contributed by atoms with Gasteiger partial charge in [-0.2, -0.15) is 0 Å². The Hall–Kier alpha value is -3.80. The van der Waals surface area contributed by atoms with E-state index in [-0.39, 0.29) is 5.56 Å². The minimum atomic E-state index is -1.16. The van der Waals surface area contributed by atoms with E-state index in [1.54, 1.807) is 54.6 Å². The molecule has 0 radical (unpaired) electrons. The van der Waals surface area contributed by atoms with Gasteiger partial charge in [-0.25, -0.2) is 4.79 Å². The second-order valence-electron chi connectivity index (χ2n) is 6.59. The molecule has 0 saturated heterocycles. The largest absolute Gasteiger partial charge is 0.496 e. The lowest BCUT2D eigenvalue weighted by Crippen LogP contribution is -2.26. The zero-order valence-electron chi connectivity index (χ0n) is 17.0. The van der Waals surface area contributed by atoms with Crippen LogP contribution in [0.15, 0.2) is 72.8 Å². The summed E-state index contributed by atoms with van der Waals surface area (Å²) in [7, 11) is 2.90. The van der Waals surface area contributed by atoms with E-state index in [1.165, 1.54) is 14.2 Å². The van der Waals surface area contributed by atoms with Crippen molar-refractivity contribution in [3.05, 3.63) is 89.5 Å². The van der Waals surface area contributed by atoms with Gasteiger partial charge in [0.1, 0.15) is 17.1 Å². The highest BCUT2D eigenvalue weighted by Crippen LogP contribution is 2.31. The number of benzene rings is 3. The molecule has 3 aromatic carbocycles. The van der Waals surface area contributed by atoms with Crippen molar-refractivity contribution in [1.29, 1.82) is 0 Å². The number of esters is 1. The second kappa shape index (κ2) is 9.60. The van der Waals surface area contributed by atoms with Crippen LogP contribution in [0.25, 0.3) is 0 Å². The van der Waals surface area contributed by atoms with Crippen molar-refractivity contribution in [2.45, 2.75) is 13.0 Å². The van der Waals surface area contributed by atoms with Crippen molar-refractivity contribution in [2.24, 2.45) is 0 Å². The molecule has 1 unspecified atom stereocenters. The third-order valence-electron chi connectivity index (χ3n) is 4.52. The molecule has 3 rings (SSSR count). The summed E-state index contributed by atoms with van der Waals surface area (Å²) in [5.41, 5.74) is 2.34. The topological polar surface area (TPSA) is 73.9 Å². The van der Waals surface area contributed by atoms with Crippen LogP contribution in [-0.4, -0.2) is 26.1 Å². The molecular formula is C24H23NO5. The molecule has 6 heteroatoms. The molecule has 3 aromatic rings. The molecule has 0 aliphatic rings. The molecule has 0 aliphatic heterocycles. The fourth-order valence-corrected chi connectivity index (χ4v) is 2.96. The number of hydrogen-bond donors (Lipinski definition) is 1. The standard InChI is InChI=1S/C24H23NO5/c1-16-12-14-18(15-13-16)25-23(26)22(17-8-5-4-6-9-17)30-24(27)21-19(28-2)10-7-11-20(21)29-3/h4-15,22H,1-3H3,(H,25,26). The van der Waals surface area contributed by atoms with Gasteiger partial charge in [0, 0.05) is 11.3 Å². The summed E-state index contributed by atoms with van der Waals surface area (Å²) in [6.07, 6.45) is -1.16. The van der Waals surface area contributed by atoms with E-state index in [9.17, 15) is 9.59 Å². The number of hydrogen-bond acceptors (Lipinski definition) is 5. The Labute approximate surface area is 175 Å². The first-order chi connectivity index (χ1) is 14.5. The summed E-state index contributed by atoms with van der Waals surface area (Å²) < 4.78 is 16.2. The highest BCUT2D eigenvalue weighted by molar-refractivity contribution is 6.00. The number of carbonyl (C=O) groups is 2. The summed E-state index contributed by atoms with van der Waals surface area (Å²) in [5.74, 6) is -0.598. The number of methoxy groups -OCH3 is 2. The van der Waals surface area contributed by atoms with Crippen LogP contribution in [0.3, 0.4) is 0 Å². The maximum atomic E-state index is 13.0. The first-order valence-electron chi connectivity index (χ1n) is 9.38. The molecule has 1 amide bonds. The lowest BCUT2D eigenvalue weighted by Gasteiger charge is -2.20. The lowest BCUT2D eigenvalue weighted by molar-refractivity contribution is -0.125. The summed E-state index contributed by atoms with van der Waals surface area (Å²) >= 11 is 0. The zero-order valence-corrected chi connectivity index (χ0v) is 17.0. The molecule has 1 N–H and O–H groups in total. The first kappa shape index (κ1) is 20.9. The van der Waals surface area contributed by atoms with E-state index in [4.69, 9.17) is 14.2 Å². The molecule has 0 aliphatic carbocycles. The summed E-state index contributed by atoms with van der Waals surface area (Å²) in [4.78, 5) is 26.1. The van der Waals surface area contributed by atoms with E-state index < -0.39 is 18.0 Å². The van der Waals surface area contributed by atoms with Gasteiger partial charge in [-0.15, -0.1) is 0 Å². The fraction of sp³-hybridized carbons (Fsp3) is 0.167. The van der Waals surface area contributed by atoms with Crippen molar-refractivity contribution in [1.82, 2.24) is 0 Å². The highest BCUT2D eigenvalue weighted by atomic mass is 16.6. The van der Waals surface area contributed by atoms with Gasteiger partial charge in [0.2, 0.25) is 6.10 Å². The average Bonchev–Trinajstić information content (AvgIpc) is 2.78. The number of amides is 1. The Morgan fingerprint density at radius 3 is 1.97 bits per heavy atom. The summed E-state index contributed by atoms with van der Waals surface area (Å²) in [5, 5.41) is 2.80. The van der Waals surface area contributed by atoms with E-state index in [0.29, 0.717) is 22.7 Å². The Morgan fingerprint density at radius 2 is 1.40 bits per heavy atom. The number of rotatable bonds is 7. The van der Waals surface area contributed by atoms with Crippen LogP contribution >= 0.6 is 0 Å². The van der Waals surface area contributed by atoms with Gasteiger partial charge in [-0.1, -0.05) is 54.1 Å². The smallest absolute Gasteiger partial charge is 0.346 e. The zero-order chi connectivity index (χ0) is 21.5. The van der Waals surface area contributed by atoms with Crippen LogP contribution < -0.4 is 14.8 Å². The lowest BCUT2D eigenvalue weighted by atomic mass is 10.1. The van der Waals surface area contributed by atoms with E-state index in [1.807, 2.05) is 25.1 Å². The minimum absolute atomic E-state index is 0.117. The first-order valence-corrected chi connectivity index (χ1v) is 9.38. The van der Waals surface area contributed by atoms with E-state index >= 15 is 0 Å². The van der Waals surface area contributed by atoms with Gasteiger partial charge < -0.3 is 19.5 Å². The SMILES string of the molecule is COc1cccc(OC)c1C(=O)OC(C(=O)Nc1ccc(C)cc1)c1ccccc1. The van der Waals surface area contributed by atoms with Gasteiger partial charge in [0.15, 0.2) is 0 Å². The monoisotopic (exact) mass is 405 g/mol. The summed E-state index contributed by atoms with van der Waals surface area (Å²) in [6.45, 7) is 1.96. The van der Waals surface area contributed by atoms with Crippen LogP contribution in [0.4, 0.5) is 5.69 Å². The van der Waals surface area contributed by atoms with Crippen LogP contribution in [0.1, 0.15) is 27.6 Å². The molecule has 0 aromatic heterocycles. The van der Waals surface area contributed by atoms with E-state index in [0.717, 1.165) is 5.56 Å². The van der Waals surface area contributed by atoms with Gasteiger partial charge in [0.05, 0.1) is 14.2 Å². The van der Waals surface area contributed by atoms with E-state index in [2.05, 4.69) is 5.32 Å². The maximum absolute atomic E-state index is 13.0. The molecule has 0 spiro atoms. The van der Waals surface area contributed by atoms with Crippen molar-refractivity contribution >= 4 is 17.6 Å². The Kier molecular flexibility index (Phi) is 6.70. The predicted octanol–water partition coefficient (Wildman–Crippen LogP) is 4.55. The third-order valence-corrected chi connectivity index (χ3v) is 4.52. The van der Waals surface area contributed by atoms with Crippen LogP contribution in [0.2, 0.25) is 0 Å². The Morgan fingerprint density at radius 1 is 0.800 bits per heavy atom.